The fourth-order valence-electron chi connectivity index (χ4n) is 2.24. The summed E-state index contributed by atoms with van der Waals surface area (Å²) in [6.07, 6.45) is 0. The molecule has 0 heterocycles. The summed E-state index contributed by atoms with van der Waals surface area (Å²) < 4.78 is 25.8. The monoisotopic (exact) mass is 392 g/mol. The number of amides is 1. The third-order valence-corrected chi connectivity index (χ3v) is 5.72. The van der Waals surface area contributed by atoms with Gasteiger partial charge in [0.1, 0.15) is 0 Å². The van der Waals surface area contributed by atoms with E-state index in [9.17, 15) is 23.3 Å². The minimum absolute atomic E-state index is 0.0691. The Balaban J connectivity index is 2.04. The van der Waals surface area contributed by atoms with E-state index in [1.54, 1.807) is 19.1 Å². The van der Waals surface area contributed by atoms with Gasteiger partial charge in [-0.3, -0.25) is 14.9 Å². The van der Waals surface area contributed by atoms with E-state index in [1.165, 1.54) is 44.4 Å². The summed E-state index contributed by atoms with van der Waals surface area (Å²) >= 11 is 0. The maximum absolute atomic E-state index is 12.3. The molecule has 0 aliphatic rings. The van der Waals surface area contributed by atoms with E-state index in [0.29, 0.717) is 16.9 Å². The second-order valence-electron chi connectivity index (χ2n) is 5.97. The Kier molecular flexibility index (Phi) is 6.13. The van der Waals surface area contributed by atoms with Crippen LogP contribution in [0.1, 0.15) is 5.56 Å². The summed E-state index contributed by atoms with van der Waals surface area (Å²) in [7, 11) is -0.689. The van der Waals surface area contributed by atoms with Crippen molar-refractivity contribution in [2.45, 2.75) is 11.8 Å². The predicted molar refractivity (Wildman–Crippen MR) is 102 cm³/mol. The van der Waals surface area contributed by atoms with Gasteiger partial charge in [-0.15, -0.1) is 0 Å². The Morgan fingerprint density at radius 3 is 2.26 bits per heavy atom. The summed E-state index contributed by atoms with van der Waals surface area (Å²) in [6, 6.07) is 10.3. The first-order valence-corrected chi connectivity index (χ1v) is 9.36. The highest BCUT2D eigenvalue weighted by atomic mass is 32.2. The first kappa shape index (κ1) is 20.3. The zero-order valence-electron chi connectivity index (χ0n) is 15.1. The Morgan fingerprint density at radius 1 is 1.11 bits per heavy atom. The zero-order valence-corrected chi connectivity index (χ0v) is 15.9. The Hall–Kier alpha value is -2.98. The SMILES string of the molecule is Cc1ccc(NCC(=O)Nc2ccc([N+](=O)[O-])cc2)cc1S(=O)(=O)N(C)C. The van der Waals surface area contributed by atoms with Gasteiger partial charge >= 0.3 is 0 Å². The quantitative estimate of drug-likeness (QED) is 0.550. The van der Waals surface area contributed by atoms with Crippen LogP contribution in [-0.2, 0) is 14.8 Å². The number of sulfonamides is 1. The fourth-order valence-corrected chi connectivity index (χ4v) is 3.38. The maximum atomic E-state index is 12.3. The van der Waals surface area contributed by atoms with Crippen molar-refractivity contribution >= 4 is 33.0 Å². The highest BCUT2D eigenvalue weighted by molar-refractivity contribution is 7.89. The van der Waals surface area contributed by atoms with E-state index in [0.717, 1.165) is 4.31 Å². The van der Waals surface area contributed by atoms with Crippen molar-refractivity contribution in [3.05, 3.63) is 58.1 Å². The van der Waals surface area contributed by atoms with E-state index in [1.807, 2.05) is 0 Å². The van der Waals surface area contributed by atoms with Gasteiger partial charge in [-0.1, -0.05) is 6.07 Å². The second-order valence-corrected chi connectivity index (χ2v) is 8.09. The molecule has 0 aliphatic heterocycles. The molecular weight excluding hydrogens is 372 g/mol. The van der Waals surface area contributed by atoms with Crippen LogP contribution in [0.3, 0.4) is 0 Å². The molecule has 0 unspecified atom stereocenters. The molecule has 0 saturated heterocycles. The third-order valence-electron chi connectivity index (χ3n) is 3.76. The molecule has 0 bridgehead atoms. The van der Waals surface area contributed by atoms with E-state index >= 15 is 0 Å². The van der Waals surface area contributed by atoms with Crippen LogP contribution in [-0.4, -0.2) is 44.2 Å². The van der Waals surface area contributed by atoms with E-state index in [-0.39, 0.29) is 23.0 Å². The van der Waals surface area contributed by atoms with Crippen molar-refractivity contribution in [3.8, 4) is 0 Å². The van der Waals surface area contributed by atoms with E-state index < -0.39 is 14.9 Å². The van der Waals surface area contributed by atoms with Crippen molar-refractivity contribution in [1.29, 1.82) is 0 Å². The van der Waals surface area contributed by atoms with E-state index in [4.69, 9.17) is 0 Å². The Labute approximate surface area is 157 Å². The minimum Gasteiger partial charge on any atom is -0.376 e. The van der Waals surface area contributed by atoms with Crippen LogP contribution in [0.4, 0.5) is 17.1 Å². The lowest BCUT2D eigenvalue weighted by molar-refractivity contribution is -0.384. The lowest BCUT2D eigenvalue weighted by Gasteiger charge is -2.15. The highest BCUT2D eigenvalue weighted by Crippen LogP contribution is 2.22. The summed E-state index contributed by atoms with van der Waals surface area (Å²) in [6.45, 7) is 1.60. The summed E-state index contributed by atoms with van der Waals surface area (Å²) in [4.78, 5) is 22.3. The second kappa shape index (κ2) is 8.14. The Bertz CT molecular complexity index is 956. The smallest absolute Gasteiger partial charge is 0.269 e. The number of rotatable bonds is 7. The average Bonchev–Trinajstić information content (AvgIpc) is 2.61. The molecule has 0 aliphatic carbocycles. The van der Waals surface area contributed by atoms with Gasteiger partial charge in [0.15, 0.2) is 0 Å². The van der Waals surface area contributed by atoms with Crippen molar-refractivity contribution in [2.24, 2.45) is 0 Å². The predicted octanol–water partition coefficient (Wildman–Crippen LogP) is 2.20. The number of carbonyl (C=O) groups is 1. The minimum atomic E-state index is -3.59. The van der Waals surface area contributed by atoms with Gasteiger partial charge in [0.2, 0.25) is 15.9 Å². The number of aryl methyl sites for hydroxylation is 1. The van der Waals surface area contributed by atoms with Gasteiger partial charge in [0.05, 0.1) is 16.4 Å². The number of nitro benzene ring substituents is 1. The normalized spacial score (nSPS) is 11.3. The van der Waals surface area contributed by atoms with Crippen molar-refractivity contribution in [2.75, 3.05) is 31.3 Å². The topological polar surface area (TPSA) is 122 Å². The van der Waals surface area contributed by atoms with Crippen LogP contribution in [0.15, 0.2) is 47.4 Å². The molecule has 144 valence electrons. The molecule has 2 N–H and O–H groups in total. The van der Waals surface area contributed by atoms with Crippen molar-refractivity contribution < 1.29 is 18.1 Å². The number of non-ortho nitro benzene ring substituents is 1. The van der Waals surface area contributed by atoms with Gasteiger partial charge < -0.3 is 10.6 Å². The molecule has 1 amide bonds. The average molecular weight is 392 g/mol. The Morgan fingerprint density at radius 2 is 1.70 bits per heavy atom. The lowest BCUT2D eigenvalue weighted by Crippen LogP contribution is -2.24. The third kappa shape index (κ3) is 5.02. The lowest BCUT2D eigenvalue weighted by atomic mass is 10.2. The number of carbonyl (C=O) groups excluding carboxylic acids is 1. The first-order valence-electron chi connectivity index (χ1n) is 7.92. The maximum Gasteiger partial charge on any atom is 0.269 e. The first-order chi connectivity index (χ1) is 12.6. The van der Waals surface area contributed by atoms with Gasteiger partial charge in [-0.05, 0) is 36.8 Å². The number of hydrogen-bond donors (Lipinski definition) is 2. The molecule has 27 heavy (non-hydrogen) atoms. The summed E-state index contributed by atoms with van der Waals surface area (Å²) in [5, 5.41) is 16.1. The number of benzene rings is 2. The van der Waals surface area contributed by atoms with Gasteiger partial charge in [-0.25, -0.2) is 12.7 Å². The molecule has 0 saturated carbocycles. The van der Waals surface area contributed by atoms with Crippen LogP contribution in [0.5, 0.6) is 0 Å². The number of nitro groups is 1. The summed E-state index contributed by atoms with van der Waals surface area (Å²) in [5.41, 5.74) is 1.44. The van der Waals surface area contributed by atoms with Crippen LogP contribution in [0.2, 0.25) is 0 Å². The molecule has 9 nitrogen and oxygen atoms in total. The molecule has 2 aromatic rings. The highest BCUT2D eigenvalue weighted by Gasteiger charge is 2.20. The fraction of sp³-hybridized carbons (Fsp3) is 0.235. The largest absolute Gasteiger partial charge is 0.376 e. The van der Waals surface area contributed by atoms with Crippen LogP contribution in [0, 0.1) is 17.0 Å². The van der Waals surface area contributed by atoms with Crippen molar-refractivity contribution in [1.82, 2.24) is 4.31 Å². The van der Waals surface area contributed by atoms with Gasteiger partial charge in [0.25, 0.3) is 5.69 Å². The number of nitrogens with zero attached hydrogens (tertiary/aromatic N) is 2. The summed E-state index contributed by atoms with van der Waals surface area (Å²) in [5.74, 6) is -0.374. The van der Waals surface area contributed by atoms with Crippen LogP contribution in [0.25, 0.3) is 0 Å². The molecule has 0 spiro atoms. The molecule has 0 aromatic heterocycles. The standard InChI is InChI=1S/C17H20N4O5S/c1-12-4-5-14(10-16(12)27(25,26)20(2)3)18-11-17(22)19-13-6-8-15(9-7-13)21(23)24/h4-10,18H,11H2,1-3H3,(H,19,22). The number of anilines is 2. The molecule has 0 atom stereocenters. The molecule has 0 fully saturated rings. The van der Waals surface area contributed by atoms with Gasteiger partial charge in [-0.2, -0.15) is 0 Å². The molecule has 2 rings (SSSR count). The molecule has 10 heteroatoms. The van der Waals surface area contributed by atoms with Gasteiger partial charge in [0, 0.05) is 37.6 Å². The van der Waals surface area contributed by atoms with E-state index in [2.05, 4.69) is 10.6 Å². The number of hydrogen-bond acceptors (Lipinski definition) is 6. The van der Waals surface area contributed by atoms with Crippen LogP contribution < -0.4 is 10.6 Å². The van der Waals surface area contributed by atoms with Crippen LogP contribution >= 0.6 is 0 Å². The molecule has 0 radical (unpaired) electrons. The number of nitrogens with one attached hydrogen (secondary N) is 2. The van der Waals surface area contributed by atoms with Crippen molar-refractivity contribution in [3.63, 3.8) is 0 Å². The molecular formula is C17H20N4O5S. The molecule has 2 aromatic carbocycles. The zero-order chi connectivity index (χ0) is 20.2.